The van der Waals surface area contributed by atoms with Crippen LogP contribution in [0.15, 0.2) is 12.2 Å². The highest BCUT2D eigenvalue weighted by Gasteiger charge is 2.19. The van der Waals surface area contributed by atoms with Gasteiger partial charge in [-0.3, -0.25) is 0 Å². The van der Waals surface area contributed by atoms with Crippen LogP contribution in [0.4, 0.5) is 0 Å². The summed E-state index contributed by atoms with van der Waals surface area (Å²) < 4.78 is 0. The van der Waals surface area contributed by atoms with Gasteiger partial charge in [0.25, 0.3) is 0 Å². The van der Waals surface area contributed by atoms with Gasteiger partial charge < -0.3 is 0 Å². The summed E-state index contributed by atoms with van der Waals surface area (Å²) in [6.45, 7) is 0. The largest absolute Gasteiger partial charge is 0.101 e. The smallest absolute Gasteiger partial charge is 0.00740 e. The van der Waals surface area contributed by atoms with E-state index < -0.39 is 0 Å². The minimum atomic E-state index is 0.889. The van der Waals surface area contributed by atoms with E-state index in [-0.39, 0.29) is 0 Å². The van der Waals surface area contributed by atoms with E-state index in [4.69, 9.17) is 0 Å². The van der Waals surface area contributed by atoms with Crippen molar-refractivity contribution < 1.29 is 0 Å². The Morgan fingerprint density at radius 2 is 2.56 bits per heavy atom. The molecule has 0 radical (unpaired) electrons. The van der Waals surface area contributed by atoms with Crippen molar-refractivity contribution in [3.05, 3.63) is 12.2 Å². The third-order valence-corrected chi connectivity index (χ3v) is 3.50. The van der Waals surface area contributed by atoms with Crippen LogP contribution in [0.2, 0.25) is 0 Å². The van der Waals surface area contributed by atoms with Crippen LogP contribution in [0.1, 0.15) is 19.3 Å². The van der Waals surface area contributed by atoms with Gasteiger partial charge in [0.15, 0.2) is 0 Å². The molecule has 0 aromatic heterocycles. The van der Waals surface area contributed by atoms with Crippen molar-refractivity contribution in [1.29, 1.82) is 0 Å². The Hall–Kier alpha value is -0.0900. The van der Waals surface area contributed by atoms with Crippen molar-refractivity contribution in [3.8, 4) is 0 Å². The lowest BCUT2D eigenvalue weighted by molar-refractivity contribution is 0.786. The summed E-state index contributed by atoms with van der Waals surface area (Å²) in [4.78, 5) is 0. The molecule has 0 saturated heterocycles. The summed E-state index contributed by atoms with van der Waals surface area (Å²) in [7, 11) is 1.61. The first-order chi connectivity index (χ1) is 4.47. The fraction of sp³-hybridized carbons (Fsp3) is 0.625. The Bertz CT molecular complexity index is 167. The fourth-order valence-corrected chi connectivity index (χ4v) is 2.88. The normalized spacial score (nSPS) is 33.8. The third kappa shape index (κ3) is 0.966. The number of rotatable bonds is 0. The maximum absolute atomic E-state index is 2.40. The zero-order valence-corrected chi connectivity index (χ0v) is 6.40. The highest BCUT2D eigenvalue weighted by atomic mass is 31.1. The molecule has 1 heteroatoms. The minimum Gasteiger partial charge on any atom is -0.101 e. The Kier molecular flexibility index (Phi) is 1.43. The predicted molar refractivity (Wildman–Crippen MR) is 43.3 cm³/mol. The van der Waals surface area contributed by atoms with E-state index in [9.17, 15) is 0 Å². The Balaban J connectivity index is 2.22. The van der Waals surface area contributed by atoms with Crippen LogP contribution in [0.25, 0.3) is 0 Å². The molecule has 0 nitrogen and oxygen atoms in total. The van der Waals surface area contributed by atoms with E-state index in [0.717, 1.165) is 5.92 Å². The summed E-state index contributed by atoms with van der Waals surface area (Å²) in [5.41, 5.74) is 0. The molecule has 1 fully saturated rings. The quantitative estimate of drug-likeness (QED) is 0.356. The predicted octanol–water partition coefficient (Wildman–Crippen LogP) is 2.47. The lowest BCUT2D eigenvalue weighted by Gasteiger charge is -2.08. The first-order valence-electron chi connectivity index (χ1n) is 3.67. The third-order valence-electron chi connectivity index (χ3n) is 2.14. The summed E-state index contributed by atoms with van der Waals surface area (Å²) in [5.74, 6) is 0.889. The first-order valence-corrected chi connectivity index (χ1v) is 4.74. The molecule has 1 atom stereocenters. The summed E-state index contributed by atoms with van der Waals surface area (Å²) >= 11 is 0. The summed E-state index contributed by atoms with van der Waals surface area (Å²) in [6.07, 6.45) is 10.3. The van der Waals surface area contributed by atoms with Gasteiger partial charge >= 0.3 is 0 Å². The zero-order valence-electron chi connectivity index (χ0n) is 5.51. The Morgan fingerprint density at radius 1 is 1.56 bits per heavy atom. The van der Waals surface area contributed by atoms with Gasteiger partial charge in [-0.15, -0.1) is 8.20 Å². The van der Waals surface area contributed by atoms with Crippen molar-refractivity contribution in [1.82, 2.24) is 0 Å². The molecule has 0 spiro atoms. The molecule has 0 amide bonds. The van der Waals surface area contributed by atoms with E-state index in [1.54, 1.807) is 13.5 Å². The molecule has 1 aliphatic heterocycles. The van der Waals surface area contributed by atoms with Gasteiger partial charge in [0.2, 0.25) is 0 Å². The molecule has 2 aliphatic rings. The molecule has 0 N–H and O–H groups in total. The van der Waals surface area contributed by atoms with E-state index >= 15 is 0 Å². The van der Waals surface area contributed by atoms with Crippen LogP contribution in [0.3, 0.4) is 0 Å². The van der Waals surface area contributed by atoms with Crippen molar-refractivity contribution in [3.63, 3.8) is 0 Å². The standard InChI is InChI=1S/C8H11P/c1-3-7-4-2-6-9-8(7)5-1/h2,4,7H,1,3,5-6H2. The van der Waals surface area contributed by atoms with Crippen molar-refractivity contribution in [2.45, 2.75) is 19.3 Å². The zero-order chi connectivity index (χ0) is 6.10. The maximum Gasteiger partial charge on any atom is 0.00740 e. The molecule has 1 heterocycles. The average molecular weight is 138 g/mol. The molecule has 0 aromatic carbocycles. The second-order valence-electron chi connectivity index (χ2n) is 2.76. The highest BCUT2D eigenvalue weighted by Crippen LogP contribution is 2.30. The Morgan fingerprint density at radius 3 is 3.44 bits per heavy atom. The van der Waals surface area contributed by atoms with E-state index in [2.05, 4.69) is 12.2 Å². The number of hydrogen-bond donors (Lipinski definition) is 0. The van der Waals surface area contributed by atoms with Crippen molar-refractivity contribution in [2.24, 2.45) is 5.92 Å². The molecule has 1 unspecified atom stereocenters. The van der Waals surface area contributed by atoms with Crippen LogP contribution in [-0.4, -0.2) is 11.5 Å². The second-order valence-corrected chi connectivity index (χ2v) is 4.01. The van der Waals surface area contributed by atoms with Gasteiger partial charge in [-0.25, -0.2) is 0 Å². The summed E-state index contributed by atoms with van der Waals surface area (Å²) in [6, 6.07) is 0. The lowest BCUT2D eigenvalue weighted by Crippen LogP contribution is -2.03. The van der Waals surface area contributed by atoms with E-state index in [1.165, 1.54) is 25.4 Å². The molecule has 9 heavy (non-hydrogen) atoms. The van der Waals surface area contributed by atoms with Gasteiger partial charge in [-0.05, 0) is 24.6 Å². The summed E-state index contributed by atoms with van der Waals surface area (Å²) in [5, 5.41) is 1.80. The van der Waals surface area contributed by atoms with E-state index in [0.29, 0.717) is 0 Å². The van der Waals surface area contributed by atoms with Gasteiger partial charge in [-0.2, -0.15) is 0 Å². The number of fused-ring (bicyclic) bond motifs is 1. The van der Waals surface area contributed by atoms with Crippen LogP contribution in [0.5, 0.6) is 0 Å². The molecular weight excluding hydrogens is 127 g/mol. The maximum atomic E-state index is 2.40. The molecular formula is C8H11P. The van der Waals surface area contributed by atoms with Crippen molar-refractivity contribution >= 4 is 13.5 Å². The SMILES string of the molecule is C1=CC2CCCC2=PC1. The van der Waals surface area contributed by atoms with Crippen LogP contribution in [-0.2, 0) is 0 Å². The second kappa shape index (κ2) is 2.27. The Labute approximate surface area is 57.8 Å². The number of allylic oxidation sites excluding steroid dienone is 2. The van der Waals surface area contributed by atoms with Gasteiger partial charge in [-0.1, -0.05) is 12.2 Å². The molecule has 48 valence electrons. The molecule has 1 aliphatic carbocycles. The topological polar surface area (TPSA) is 0 Å². The molecule has 0 bridgehead atoms. The number of hydrogen-bond acceptors (Lipinski definition) is 0. The van der Waals surface area contributed by atoms with Crippen LogP contribution >= 0.6 is 8.20 Å². The monoisotopic (exact) mass is 138 g/mol. The average Bonchev–Trinajstić information content (AvgIpc) is 2.33. The van der Waals surface area contributed by atoms with Crippen LogP contribution in [0, 0.1) is 5.92 Å². The highest BCUT2D eigenvalue weighted by molar-refractivity contribution is 7.41. The molecule has 0 aromatic rings. The van der Waals surface area contributed by atoms with Gasteiger partial charge in [0.1, 0.15) is 0 Å². The first kappa shape index (κ1) is 5.68. The van der Waals surface area contributed by atoms with Gasteiger partial charge in [0, 0.05) is 12.1 Å². The molecule has 2 rings (SSSR count). The lowest BCUT2D eigenvalue weighted by atomic mass is 10.1. The molecule has 1 saturated carbocycles. The minimum absolute atomic E-state index is 0.889. The van der Waals surface area contributed by atoms with Gasteiger partial charge in [0.05, 0.1) is 0 Å². The van der Waals surface area contributed by atoms with E-state index in [1.807, 2.05) is 0 Å². The van der Waals surface area contributed by atoms with Crippen LogP contribution < -0.4 is 0 Å². The van der Waals surface area contributed by atoms with Crippen molar-refractivity contribution in [2.75, 3.05) is 6.16 Å². The fourth-order valence-electron chi connectivity index (χ4n) is 1.65.